The van der Waals surface area contributed by atoms with Gasteiger partial charge < -0.3 is 9.64 Å². The summed E-state index contributed by atoms with van der Waals surface area (Å²) in [5.41, 5.74) is 3.50. The fraction of sp³-hybridized carbons (Fsp3) is 0.458. The van der Waals surface area contributed by atoms with Gasteiger partial charge in [0.2, 0.25) is 5.91 Å². The Morgan fingerprint density at radius 1 is 0.966 bits per heavy atom. The monoisotopic (exact) mass is 410 g/mol. The third-order valence-electron chi connectivity index (χ3n) is 5.75. The van der Waals surface area contributed by atoms with E-state index in [9.17, 15) is 4.79 Å². The van der Waals surface area contributed by atoms with Crippen molar-refractivity contribution in [2.24, 2.45) is 0 Å². The van der Waals surface area contributed by atoms with Crippen molar-refractivity contribution < 1.29 is 9.53 Å². The Bertz CT molecular complexity index is 775. The fourth-order valence-corrected chi connectivity index (χ4v) is 5.17. The molecule has 2 heterocycles. The highest BCUT2D eigenvalue weighted by atomic mass is 32.2. The van der Waals surface area contributed by atoms with E-state index in [1.54, 1.807) is 0 Å². The average Bonchev–Trinajstić information content (AvgIpc) is 3.01. The lowest BCUT2D eigenvalue weighted by molar-refractivity contribution is -0.132. The highest BCUT2D eigenvalue weighted by Gasteiger charge is 2.28. The van der Waals surface area contributed by atoms with Crippen molar-refractivity contribution in [1.82, 2.24) is 9.80 Å². The van der Waals surface area contributed by atoms with Crippen LogP contribution >= 0.6 is 11.8 Å². The summed E-state index contributed by atoms with van der Waals surface area (Å²) in [4.78, 5) is 17.8. The number of ether oxygens (including phenoxy) is 1. The van der Waals surface area contributed by atoms with E-state index < -0.39 is 0 Å². The molecule has 0 N–H and O–H groups in total. The number of benzene rings is 2. The highest BCUT2D eigenvalue weighted by Crippen LogP contribution is 2.22. The van der Waals surface area contributed by atoms with Crippen molar-refractivity contribution in [3.63, 3.8) is 0 Å². The summed E-state index contributed by atoms with van der Waals surface area (Å²) < 4.78 is 5.48. The van der Waals surface area contributed by atoms with E-state index >= 15 is 0 Å². The molecular weight excluding hydrogens is 380 g/mol. The minimum atomic E-state index is 0.262. The van der Waals surface area contributed by atoms with Gasteiger partial charge >= 0.3 is 0 Å². The van der Waals surface area contributed by atoms with Gasteiger partial charge in [-0.3, -0.25) is 9.69 Å². The molecule has 1 atom stereocenters. The maximum absolute atomic E-state index is 13.2. The standard InChI is InChI=1S/C24H30N2O2S/c27-24(17-20-7-9-22(10-8-20)21-5-2-1-3-6-21)26-11-4-16-29-19-23(26)18-25-12-14-28-15-13-25/h1-3,5-10,23H,4,11-19H2. The summed E-state index contributed by atoms with van der Waals surface area (Å²) in [7, 11) is 0. The Balaban J connectivity index is 1.40. The van der Waals surface area contributed by atoms with Gasteiger partial charge in [0.05, 0.1) is 25.7 Å². The molecule has 0 saturated carbocycles. The molecule has 2 aromatic carbocycles. The lowest BCUT2D eigenvalue weighted by atomic mass is 10.0. The maximum atomic E-state index is 13.2. The number of nitrogens with zero attached hydrogens (tertiary/aromatic N) is 2. The molecule has 1 unspecified atom stereocenters. The minimum absolute atomic E-state index is 0.262. The van der Waals surface area contributed by atoms with Crippen LogP contribution in [-0.2, 0) is 16.0 Å². The van der Waals surface area contributed by atoms with E-state index in [2.05, 4.69) is 58.3 Å². The van der Waals surface area contributed by atoms with E-state index in [-0.39, 0.29) is 5.91 Å². The Morgan fingerprint density at radius 2 is 1.69 bits per heavy atom. The molecule has 29 heavy (non-hydrogen) atoms. The number of morpholine rings is 1. The fourth-order valence-electron chi connectivity index (χ4n) is 4.11. The summed E-state index contributed by atoms with van der Waals surface area (Å²) in [5, 5.41) is 0. The van der Waals surface area contributed by atoms with Crippen LogP contribution in [0.4, 0.5) is 0 Å². The molecule has 4 nitrogen and oxygen atoms in total. The third-order valence-corrected chi connectivity index (χ3v) is 6.95. The van der Waals surface area contributed by atoms with Gasteiger partial charge in [-0.15, -0.1) is 0 Å². The van der Waals surface area contributed by atoms with Crippen LogP contribution in [-0.4, -0.2) is 72.6 Å². The second-order valence-corrected chi connectivity index (χ2v) is 8.97. The topological polar surface area (TPSA) is 32.8 Å². The lowest BCUT2D eigenvalue weighted by Crippen LogP contribution is -2.50. The molecule has 0 bridgehead atoms. The molecule has 1 amide bonds. The van der Waals surface area contributed by atoms with Gasteiger partial charge in [0.25, 0.3) is 0 Å². The summed E-state index contributed by atoms with van der Waals surface area (Å²) in [5.74, 6) is 2.45. The summed E-state index contributed by atoms with van der Waals surface area (Å²) in [6, 6.07) is 19.1. The first-order valence-corrected chi connectivity index (χ1v) is 11.8. The molecule has 2 aromatic rings. The van der Waals surface area contributed by atoms with Gasteiger partial charge in [-0.25, -0.2) is 0 Å². The number of rotatable bonds is 5. The zero-order valence-electron chi connectivity index (χ0n) is 17.0. The number of thioether (sulfide) groups is 1. The molecule has 0 radical (unpaired) electrons. The predicted molar refractivity (Wildman–Crippen MR) is 120 cm³/mol. The Morgan fingerprint density at radius 3 is 2.45 bits per heavy atom. The molecule has 0 aliphatic carbocycles. The molecular formula is C24H30N2O2S. The van der Waals surface area contributed by atoms with Crippen molar-refractivity contribution in [2.45, 2.75) is 18.9 Å². The molecule has 2 aliphatic heterocycles. The second-order valence-electron chi connectivity index (χ2n) is 7.82. The molecule has 2 fully saturated rings. The first-order chi connectivity index (χ1) is 14.3. The Labute approximate surface area is 178 Å². The third kappa shape index (κ3) is 5.62. The van der Waals surface area contributed by atoms with Crippen LogP contribution in [0.3, 0.4) is 0 Å². The number of carbonyl (C=O) groups is 1. The largest absolute Gasteiger partial charge is 0.379 e. The van der Waals surface area contributed by atoms with Gasteiger partial charge in [0, 0.05) is 31.9 Å². The molecule has 2 saturated heterocycles. The van der Waals surface area contributed by atoms with Crippen LogP contribution in [0.1, 0.15) is 12.0 Å². The van der Waals surface area contributed by atoms with Crippen LogP contribution in [0.2, 0.25) is 0 Å². The van der Waals surface area contributed by atoms with Crippen LogP contribution < -0.4 is 0 Å². The van der Waals surface area contributed by atoms with E-state index in [1.807, 2.05) is 17.8 Å². The summed E-state index contributed by atoms with van der Waals surface area (Å²) >= 11 is 1.99. The molecule has 2 aliphatic rings. The van der Waals surface area contributed by atoms with Gasteiger partial charge in [-0.05, 0) is 28.9 Å². The summed E-state index contributed by atoms with van der Waals surface area (Å²) in [6.07, 6.45) is 1.57. The second kappa shape index (κ2) is 10.3. The van der Waals surface area contributed by atoms with Crippen LogP contribution in [0.15, 0.2) is 54.6 Å². The highest BCUT2D eigenvalue weighted by molar-refractivity contribution is 7.99. The van der Waals surface area contributed by atoms with Crippen LogP contribution in [0.25, 0.3) is 11.1 Å². The number of amides is 1. The van der Waals surface area contributed by atoms with Crippen molar-refractivity contribution in [3.8, 4) is 11.1 Å². The normalized spacial score (nSPS) is 21.0. The van der Waals surface area contributed by atoms with E-state index in [1.165, 1.54) is 11.1 Å². The Hall–Kier alpha value is -1.82. The number of carbonyl (C=O) groups excluding carboxylic acids is 1. The van der Waals surface area contributed by atoms with E-state index in [0.717, 1.165) is 62.9 Å². The first kappa shape index (κ1) is 20.5. The first-order valence-electron chi connectivity index (χ1n) is 10.6. The molecule has 0 spiro atoms. The minimum Gasteiger partial charge on any atom is -0.379 e. The van der Waals surface area contributed by atoms with Crippen molar-refractivity contribution in [2.75, 3.05) is 50.9 Å². The maximum Gasteiger partial charge on any atom is 0.227 e. The van der Waals surface area contributed by atoms with Crippen LogP contribution in [0, 0.1) is 0 Å². The summed E-state index contributed by atoms with van der Waals surface area (Å²) in [6.45, 7) is 5.41. The smallest absolute Gasteiger partial charge is 0.227 e. The number of hydrogen-bond acceptors (Lipinski definition) is 4. The van der Waals surface area contributed by atoms with Gasteiger partial charge in [0.15, 0.2) is 0 Å². The zero-order chi connectivity index (χ0) is 19.9. The predicted octanol–water partition coefficient (Wildman–Crippen LogP) is 3.56. The molecule has 5 heteroatoms. The lowest BCUT2D eigenvalue weighted by Gasteiger charge is -2.35. The van der Waals surface area contributed by atoms with Crippen LogP contribution in [0.5, 0.6) is 0 Å². The average molecular weight is 411 g/mol. The molecule has 4 rings (SSSR count). The van der Waals surface area contributed by atoms with Crippen molar-refractivity contribution >= 4 is 17.7 Å². The van der Waals surface area contributed by atoms with Gasteiger partial charge in [-0.2, -0.15) is 11.8 Å². The Kier molecular flexibility index (Phi) is 7.25. The molecule has 0 aromatic heterocycles. The van der Waals surface area contributed by atoms with E-state index in [4.69, 9.17) is 4.74 Å². The molecule has 154 valence electrons. The quantitative estimate of drug-likeness (QED) is 0.755. The van der Waals surface area contributed by atoms with Gasteiger partial charge in [0.1, 0.15) is 0 Å². The SMILES string of the molecule is O=C(Cc1ccc(-c2ccccc2)cc1)N1CCCSCC1CN1CCOCC1. The zero-order valence-corrected chi connectivity index (χ0v) is 17.8. The van der Waals surface area contributed by atoms with E-state index in [0.29, 0.717) is 12.5 Å². The van der Waals surface area contributed by atoms with Gasteiger partial charge in [-0.1, -0.05) is 54.6 Å². The van der Waals surface area contributed by atoms with Crippen molar-refractivity contribution in [3.05, 3.63) is 60.2 Å². The number of hydrogen-bond donors (Lipinski definition) is 0. The van der Waals surface area contributed by atoms with Crippen molar-refractivity contribution in [1.29, 1.82) is 0 Å².